The van der Waals surface area contributed by atoms with Gasteiger partial charge in [0.1, 0.15) is 42.4 Å². The zero-order valence-corrected chi connectivity index (χ0v) is 32.6. The van der Waals surface area contributed by atoms with Gasteiger partial charge in [0.05, 0.1) is 32.7 Å². The molecule has 0 saturated carbocycles. The van der Waals surface area contributed by atoms with Crippen LogP contribution in [0.1, 0.15) is 32.1 Å². The molecule has 4 aromatic rings. The van der Waals surface area contributed by atoms with Gasteiger partial charge in [0.2, 0.25) is 11.7 Å². The van der Waals surface area contributed by atoms with Crippen LogP contribution in [-0.4, -0.2) is 122 Å². The van der Waals surface area contributed by atoms with Gasteiger partial charge in [-0.3, -0.25) is 32.8 Å². The van der Waals surface area contributed by atoms with Crippen LogP contribution in [0.25, 0.3) is 22.3 Å². The van der Waals surface area contributed by atoms with Crippen LogP contribution in [0.15, 0.2) is 22.2 Å². The number of aromatic nitrogens is 8. The molecule has 27 nitrogen and oxygen atoms in total. The van der Waals surface area contributed by atoms with E-state index < -0.39 is 103 Å². The molecule has 2 saturated heterocycles. The average molecular weight is 859 g/mol. The zero-order chi connectivity index (χ0) is 41.1. The number of ether oxygens (including phenoxy) is 4. The Kier molecular flexibility index (Phi) is 11.9. The molecular formula is C26H39N9O18P3+. The Hall–Kier alpha value is -3.33. The molecule has 5 unspecified atom stereocenters. The summed E-state index contributed by atoms with van der Waals surface area (Å²) >= 11 is 0. The fraction of sp³-hybridized carbons (Fsp3) is 0.615. The van der Waals surface area contributed by atoms with Crippen molar-refractivity contribution in [2.45, 2.75) is 76.0 Å². The molecule has 9 N–H and O–H groups in total. The zero-order valence-electron chi connectivity index (χ0n) is 29.9. The summed E-state index contributed by atoms with van der Waals surface area (Å²) in [4.78, 5) is 72.6. The third-order valence-corrected chi connectivity index (χ3v) is 12.7. The number of phosphoric ester groups is 2. The lowest BCUT2D eigenvalue weighted by Gasteiger charge is -2.24. The van der Waals surface area contributed by atoms with E-state index in [2.05, 4.69) is 33.5 Å². The smallest absolute Gasteiger partial charge is 0.386 e. The number of aromatic amines is 2. The molecule has 2 aliphatic rings. The summed E-state index contributed by atoms with van der Waals surface area (Å²) in [5, 5.41) is 22.1. The molecule has 0 radical (unpaired) electrons. The Morgan fingerprint density at radius 3 is 2.18 bits per heavy atom. The third kappa shape index (κ3) is 8.73. The molecule has 2 aliphatic heterocycles. The van der Waals surface area contributed by atoms with E-state index in [1.165, 1.54) is 47.4 Å². The van der Waals surface area contributed by atoms with E-state index in [4.69, 9.17) is 33.7 Å². The summed E-state index contributed by atoms with van der Waals surface area (Å²) in [6.45, 7) is 2.92. The topological polar surface area (TPSA) is 370 Å². The number of hydrogen-bond acceptors (Lipinski definition) is 19. The molecule has 0 spiro atoms. The molecule has 0 bridgehead atoms. The molecule has 0 aliphatic carbocycles. The summed E-state index contributed by atoms with van der Waals surface area (Å²) in [5.41, 5.74) is 4.58. The first kappa shape index (κ1) is 42.3. The number of fused-ring (bicyclic) bond motifs is 2. The van der Waals surface area contributed by atoms with Crippen molar-refractivity contribution in [3.63, 3.8) is 0 Å². The average Bonchev–Trinajstić information content (AvgIpc) is 3.80. The predicted octanol–water partition coefficient (Wildman–Crippen LogP) is -1.73. The second-order valence-electron chi connectivity index (χ2n) is 12.9. The van der Waals surface area contributed by atoms with E-state index in [9.17, 15) is 48.2 Å². The third-order valence-electron chi connectivity index (χ3n) is 8.43. The highest BCUT2D eigenvalue weighted by atomic mass is 31.3. The number of aliphatic hydroxyl groups excluding tert-OH is 2. The second kappa shape index (κ2) is 15.8. The number of phosphoric acid groups is 3. The minimum atomic E-state index is -5.96. The number of aliphatic hydroxyl groups is 2. The Morgan fingerprint density at radius 2 is 1.57 bits per heavy atom. The van der Waals surface area contributed by atoms with Crippen molar-refractivity contribution >= 4 is 51.7 Å². The van der Waals surface area contributed by atoms with Crippen molar-refractivity contribution in [3.05, 3.63) is 39.2 Å². The number of nitrogens with zero attached hydrogens (tertiary/aromatic N) is 6. The van der Waals surface area contributed by atoms with Crippen LogP contribution in [-0.2, 0) is 57.4 Å². The van der Waals surface area contributed by atoms with Gasteiger partial charge in [0.15, 0.2) is 23.7 Å². The summed E-state index contributed by atoms with van der Waals surface area (Å²) in [7, 11) is -14.5. The number of imidazole rings is 2. The summed E-state index contributed by atoms with van der Waals surface area (Å²) in [5.74, 6) is -0.00246. The maximum atomic E-state index is 12.8. The number of methoxy groups -OCH3 is 1. The van der Waals surface area contributed by atoms with Crippen molar-refractivity contribution in [2.24, 2.45) is 7.05 Å². The lowest BCUT2D eigenvalue weighted by atomic mass is 10.1. The van der Waals surface area contributed by atoms with Crippen LogP contribution in [0.5, 0.6) is 0 Å². The summed E-state index contributed by atoms with van der Waals surface area (Å²) in [6.07, 6.45) is -8.78. The number of rotatable bonds is 15. The van der Waals surface area contributed by atoms with E-state index >= 15 is 0 Å². The van der Waals surface area contributed by atoms with E-state index in [1.54, 1.807) is 13.8 Å². The fourth-order valence-corrected chi connectivity index (χ4v) is 9.80. The first-order chi connectivity index (χ1) is 26.1. The lowest BCUT2D eigenvalue weighted by molar-refractivity contribution is -0.745. The molecule has 56 heavy (non-hydrogen) atoms. The van der Waals surface area contributed by atoms with Crippen LogP contribution < -0.4 is 21.4 Å². The normalized spacial score (nSPS) is 28.9. The number of hydrogen-bond donors (Lipinski definition) is 8. The highest BCUT2D eigenvalue weighted by Crippen LogP contribution is 2.68. The SMILES string of the molecule is CO[C@@H]1C(O)[C@H]([n+]2cn(C)c3c(=O)[nH]c(N)nc32)O[C@@H]1COP(=O)(O)OP(=O)(O)OP(=O)(O)OC[C@H]1O[C@@H](n2cnc3c(=O)[nH]c(C)nc32)[C@@H](O)C1OC(C)C. The standard InChI is InChI=1S/C26H38N9O18P3/c1-10(2)49-19-13(51-24(17(19)37)34-8-28-14-20(34)29-11(3)30-22(14)38)7-48-55(42,43)53-56(44,45)52-54(40,41)47-6-12-18(46-5)16(36)25(50-12)35-9-33(4)15-21(35)31-26(27)32-23(15)39/h8-10,12-13,16-19,24-25,36-37H,6-7H2,1-5H3,(H6-,27,29,30,31,32,38,39,40,41,42,43,44,45)/p+1/t12-,13-,16?,17+,18+,19?,24-,25-/m1/s1. The van der Waals surface area contributed by atoms with Gasteiger partial charge in [0.25, 0.3) is 17.1 Å². The number of H-pyrrole nitrogens is 2. The highest BCUT2D eigenvalue weighted by Gasteiger charge is 2.51. The van der Waals surface area contributed by atoms with Gasteiger partial charge in [-0.2, -0.15) is 8.62 Å². The van der Waals surface area contributed by atoms with Crippen molar-refractivity contribution in [3.8, 4) is 0 Å². The Bertz CT molecular complexity index is 2370. The van der Waals surface area contributed by atoms with Crippen molar-refractivity contribution in [1.82, 2.24) is 34.1 Å². The number of nitrogen functional groups attached to an aromatic ring is 1. The van der Waals surface area contributed by atoms with Gasteiger partial charge in [0, 0.05) is 7.11 Å². The first-order valence-electron chi connectivity index (χ1n) is 16.3. The van der Waals surface area contributed by atoms with Crippen LogP contribution in [0.3, 0.4) is 0 Å². The van der Waals surface area contributed by atoms with Crippen LogP contribution in [0.4, 0.5) is 5.95 Å². The monoisotopic (exact) mass is 858 g/mol. The van der Waals surface area contributed by atoms with E-state index in [-0.39, 0.29) is 34.1 Å². The molecule has 0 aromatic carbocycles. The minimum Gasteiger partial charge on any atom is -0.386 e. The Balaban J connectivity index is 1.09. The number of anilines is 1. The highest BCUT2D eigenvalue weighted by molar-refractivity contribution is 7.66. The molecule has 0 amide bonds. The van der Waals surface area contributed by atoms with Crippen LogP contribution in [0, 0.1) is 6.92 Å². The van der Waals surface area contributed by atoms with Gasteiger partial charge in [-0.05, 0) is 20.8 Å². The first-order valence-corrected chi connectivity index (χ1v) is 20.8. The minimum absolute atomic E-state index is 0.00913. The fourth-order valence-electron chi connectivity index (χ4n) is 6.28. The van der Waals surface area contributed by atoms with Crippen molar-refractivity contribution < 1.29 is 79.8 Å². The number of aryl methyl sites for hydroxylation is 2. The maximum absolute atomic E-state index is 12.8. The van der Waals surface area contributed by atoms with Crippen LogP contribution >= 0.6 is 23.5 Å². The van der Waals surface area contributed by atoms with Gasteiger partial charge in [-0.15, -0.1) is 0 Å². The quantitative estimate of drug-likeness (QED) is 0.0486. The molecule has 11 atom stereocenters. The number of nitrogens with one attached hydrogen (secondary N) is 2. The van der Waals surface area contributed by atoms with Gasteiger partial charge in [-0.1, -0.05) is 4.98 Å². The number of nitrogens with two attached hydrogens (primary N) is 1. The van der Waals surface area contributed by atoms with E-state index in [0.29, 0.717) is 0 Å². The largest absolute Gasteiger partial charge is 0.490 e. The Labute approximate surface area is 313 Å². The van der Waals surface area contributed by atoms with Gasteiger partial charge >= 0.3 is 29.1 Å². The molecule has 310 valence electrons. The van der Waals surface area contributed by atoms with E-state index in [1.807, 2.05) is 0 Å². The summed E-state index contributed by atoms with van der Waals surface area (Å²) in [6, 6.07) is 0. The second-order valence-corrected chi connectivity index (χ2v) is 17.5. The van der Waals surface area contributed by atoms with E-state index in [0.717, 1.165) is 0 Å². The van der Waals surface area contributed by atoms with Gasteiger partial charge < -0.3 is 54.6 Å². The predicted molar refractivity (Wildman–Crippen MR) is 183 cm³/mol. The van der Waals surface area contributed by atoms with Crippen molar-refractivity contribution in [1.29, 1.82) is 0 Å². The molecule has 6 rings (SSSR count). The molecule has 6 heterocycles. The van der Waals surface area contributed by atoms with Crippen LogP contribution in [0.2, 0.25) is 0 Å². The molecule has 30 heteroatoms. The molecular weight excluding hydrogens is 819 g/mol. The molecule has 4 aromatic heterocycles. The van der Waals surface area contributed by atoms with Gasteiger partial charge in [-0.25, -0.2) is 28.2 Å². The lowest BCUT2D eigenvalue weighted by Crippen LogP contribution is -2.46. The summed E-state index contributed by atoms with van der Waals surface area (Å²) < 4.78 is 82.8. The maximum Gasteiger partial charge on any atom is 0.490 e. The van der Waals surface area contributed by atoms with Crippen molar-refractivity contribution in [2.75, 3.05) is 26.1 Å². The molecule has 2 fully saturated rings. The Morgan fingerprint density at radius 1 is 0.946 bits per heavy atom.